The molecule has 2 heterocycles. The largest absolute Gasteiger partial charge is 0.374 e. The Morgan fingerprint density at radius 1 is 0.926 bits per heavy atom. The third-order valence-electron chi connectivity index (χ3n) is 5.56. The van der Waals surface area contributed by atoms with Crippen LogP contribution >= 0.6 is 0 Å². The van der Waals surface area contributed by atoms with E-state index in [4.69, 9.17) is 4.74 Å². The minimum Gasteiger partial charge on any atom is -0.374 e. The van der Waals surface area contributed by atoms with E-state index >= 15 is 0 Å². The van der Waals surface area contributed by atoms with Gasteiger partial charge in [0, 0.05) is 44.6 Å². The van der Waals surface area contributed by atoms with Crippen LogP contribution in [0.15, 0.2) is 60.7 Å². The Hall–Kier alpha value is -2.46. The first-order chi connectivity index (χ1) is 13.3. The number of hydrogen-bond donors (Lipinski definition) is 0. The molecule has 2 aliphatic rings. The van der Waals surface area contributed by atoms with Crippen LogP contribution in [0.5, 0.6) is 0 Å². The maximum Gasteiger partial charge on any atom is 0.350 e. The second kappa shape index (κ2) is 8.49. The van der Waals surface area contributed by atoms with Crippen molar-refractivity contribution in [2.24, 2.45) is 0 Å². The summed E-state index contributed by atoms with van der Waals surface area (Å²) in [6.45, 7) is 3.28. The van der Waals surface area contributed by atoms with Gasteiger partial charge in [-0.15, -0.1) is 0 Å². The standard InChI is InChI=1S/C23H27N2O2/c26-23-12-11-22(27-23)25(20-9-5-2-6-10-20)21-14-17-24(18-15-21)16-13-19-7-3-1-4-8-19/h1-10,21H,11-18H2/q+1. The summed E-state index contributed by atoms with van der Waals surface area (Å²) in [7, 11) is 0. The highest BCUT2D eigenvalue weighted by Crippen LogP contribution is 2.25. The number of rotatable bonds is 5. The molecule has 0 amide bonds. The molecular weight excluding hydrogens is 336 g/mol. The SMILES string of the molecule is O=C1CCC(=[N+](c2ccccc2)C2CCN(CCc3ccccc3)CC2)O1. The van der Waals surface area contributed by atoms with Gasteiger partial charge >= 0.3 is 11.9 Å². The van der Waals surface area contributed by atoms with Gasteiger partial charge in [-0.2, -0.15) is 4.58 Å². The van der Waals surface area contributed by atoms with E-state index in [2.05, 4.69) is 64.1 Å². The predicted molar refractivity (Wildman–Crippen MR) is 106 cm³/mol. The molecule has 4 rings (SSSR count). The van der Waals surface area contributed by atoms with E-state index in [0.29, 0.717) is 18.9 Å². The summed E-state index contributed by atoms with van der Waals surface area (Å²) in [6.07, 6.45) is 4.48. The van der Waals surface area contributed by atoms with Gasteiger partial charge < -0.3 is 9.64 Å². The van der Waals surface area contributed by atoms with Crippen LogP contribution in [0.4, 0.5) is 5.69 Å². The van der Waals surface area contributed by atoms with Crippen molar-refractivity contribution in [2.75, 3.05) is 19.6 Å². The molecule has 4 heteroatoms. The van der Waals surface area contributed by atoms with Crippen molar-refractivity contribution >= 4 is 17.6 Å². The van der Waals surface area contributed by atoms with Crippen LogP contribution in [0.1, 0.15) is 31.2 Å². The highest BCUT2D eigenvalue weighted by Gasteiger charge is 2.36. The van der Waals surface area contributed by atoms with E-state index in [1.165, 1.54) is 5.56 Å². The first-order valence-electron chi connectivity index (χ1n) is 9.96. The maximum atomic E-state index is 11.7. The van der Waals surface area contributed by atoms with Gasteiger partial charge in [-0.3, -0.25) is 4.79 Å². The van der Waals surface area contributed by atoms with Crippen LogP contribution in [0, 0.1) is 0 Å². The molecule has 2 aromatic carbocycles. The topological polar surface area (TPSA) is 32.5 Å². The van der Waals surface area contributed by atoms with Crippen LogP contribution in [-0.2, 0) is 16.0 Å². The molecule has 0 aliphatic carbocycles. The number of esters is 1. The summed E-state index contributed by atoms with van der Waals surface area (Å²) in [6, 6.07) is 21.4. The molecule has 0 N–H and O–H groups in total. The lowest BCUT2D eigenvalue weighted by atomic mass is 10.0. The van der Waals surface area contributed by atoms with Crippen LogP contribution < -0.4 is 0 Å². The Bertz CT molecular complexity index is 794. The third kappa shape index (κ3) is 4.45. The van der Waals surface area contributed by atoms with E-state index in [0.717, 1.165) is 50.5 Å². The fourth-order valence-electron chi connectivity index (χ4n) is 4.09. The molecule has 0 saturated carbocycles. The molecule has 0 radical (unpaired) electrons. The van der Waals surface area contributed by atoms with Crippen molar-refractivity contribution in [3.63, 3.8) is 0 Å². The number of piperidine rings is 1. The first-order valence-corrected chi connectivity index (χ1v) is 9.96. The molecule has 27 heavy (non-hydrogen) atoms. The maximum absolute atomic E-state index is 11.7. The molecule has 0 spiro atoms. The molecule has 0 aromatic heterocycles. The molecule has 2 saturated heterocycles. The van der Waals surface area contributed by atoms with Gasteiger partial charge in [-0.1, -0.05) is 48.5 Å². The quantitative estimate of drug-likeness (QED) is 0.599. The number of ether oxygens (including phenoxy) is 1. The van der Waals surface area contributed by atoms with Gasteiger partial charge in [0.1, 0.15) is 0 Å². The Morgan fingerprint density at radius 2 is 1.59 bits per heavy atom. The average molecular weight is 363 g/mol. The zero-order valence-corrected chi connectivity index (χ0v) is 15.7. The second-order valence-electron chi connectivity index (χ2n) is 7.38. The van der Waals surface area contributed by atoms with E-state index < -0.39 is 0 Å². The number of likely N-dealkylation sites (tertiary alicyclic amines) is 1. The summed E-state index contributed by atoms with van der Waals surface area (Å²) in [4.78, 5) is 14.2. The molecule has 0 unspecified atom stereocenters. The fraction of sp³-hybridized carbons (Fsp3) is 0.391. The van der Waals surface area contributed by atoms with E-state index in [1.807, 2.05) is 6.07 Å². The minimum atomic E-state index is -0.105. The Balaban J connectivity index is 1.42. The van der Waals surface area contributed by atoms with Crippen molar-refractivity contribution in [2.45, 2.75) is 38.1 Å². The van der Waals surface area contributed by atoms with Gasteiger partial charge in [-0.05, 0) is 12.0 Å². The van der Waals surface area contributed by atoms with Gasteiger partial charge in [0.05, 0.1) is 12.8 Å². The lowest BCUT2D eigenvalue weighted by Gasteiger charge is -2.30. The summed E-state index contributed by atoms with van der Waals surface area (Å²) in [5.41, 5.74) is 2.53. The number of carbonyl (C=O) groups excluding carboxylic acids is 1. The molecule has 0 atom stereocenters. The first kappa shape index (κ1) is 17.9. The Kier molecular flexibility index (Phi) is 5.64. The zero-order valence-electron chi connectivity index (χ0n) is 15.7. The highest BCUT2D eigenvalue weighted by atomic mass is 16.5. The van der Waals surface area contributed by atoms with Crippen LogP contribution in [0.25, 0.3) is 0 Å². The van der Waals surface area contributed by atoms with Crippen molar-refractivity contribution < 1.29 is 14.1 Å². The van der Waals surface area contributed by atoms with Crippen LogP contribution in [0.3, 0.4) is 0 Å². The highest BCUT2D eigenvalue weighted by molar-refractivity contribution is 5.93. The lowest BCUT2D eigenvalue weighted by Crippen LogP contribution is -2.42. The fourth-order valence-corrected chi connectivity index (χ4v) is 4.09. The predicted octanol–water partition coefficient (Wildman–Crippen LogP) is 3.77. The Labute approximate surface area is 161 Å². The molecule has 2 fully saturated rings. The molecule has 140 valence electrons. The van der Waals surface area contributed by atoms with Crippen molar-refractivity contribution in [3.8, 4) is 0 Å². The average Bonchev–Trinajstić information content (AvgIpc) is 3.15. The lowest BCUT2D eigenvalue weighted by molar-refractivity contribution is -0.498. The summed E-state index contributed by atoms with van der Waals surface area (Å²) < 4.78 is 7.83. The number of para-hydroxylation sites is 1. The molecule has 0 bridgehead atoms. The molecular formula is C23H27N2O2+. The van der Waals surface area contributed by atoms with Crippen LogP contribution in [-0.4, -0.2) is 47.0 Å². The zero-order chi connectivity index (χ0) is 18.5. The van der Waals surface area contributed by atoms with Gasteiger partial charge in [0.25, 0.3) is 0 Å². The molecule has 4 nitrogen and oxygen atoms in total. The smallest absolute Gasteiger partial charge is 0.350 e. The van der Waals surface area contributed by atoms with E-state index in [-0.39, 0.29) is 5.97 Å². The molecule has 2 aromatic rings. The van der Waals surface area contributed by atoms with E-state index in [9.17, 15) is 4.79 Å². The second-order valence-corrected chi connectivity index (χ2v) is 7.38. The molecule has 2 aliphatic heterocycles. The number of carbonyl (C=O) groups is 1. The summed E-state index contributed by atoms with van der Waals surface area (Å²) >= 11 is 0. The number of nitrogens with zero attached hydrogens (tertiary/aromatic N) is 2. The minimum absolute atomic E-state index is 0.105. The summed E-state index contributed by atoms with van der Waals surface area (Å²) in [5, 5.41) is 0. The van der Waals surface area contributed by atoms with Crippen molar-refractivity contribution in [1.82, 2.24) is 4.90 Å². The normalized spacial score (nSPS) is 20.5. The van der Waals surface area contributed by atoms with Gasteiger partial charge in [0.15, 0.2) is 6.04 Å². The van der Waals surface area contributed by atoms with Gasteiger partial charge in [0.2, 0.25) is 5.69 Å². The number of hydrogen-bond acceptors (Lipinski definition) is 3. The monoisotopic (exact) mass is 363 g/mol. The van der Waals surface area contributed by atoms with Crippen molar-refractivity contribution in [1.29, 1.82) is 0 Å². The van der Waals surface area contributed by atoms with Gasteiger partial charge in [-0.25, -0.2) is 0 Å². The Morgan fingerprint density at radius 3 is 2.22 bits per heavy atom. The third-order valence-corrected chi connectivity index (χ3v) is 5.56. The number of benzene rings is 2. The van der Waals surface area contributed by atoms with Crippen molar-refractivity contribution in [3.05, 3.63) is 66.2 Å². The van der Waals surface area contributed by atoms with E-state index in [1.54, 1.807) is 0 Å². The summed E-state index contributed by atoms with van der Waals surface area (Å²) in [5.74, 6) is 0.722. The number of cyclic esters (lactones) is 1. The van der Waals surface area contributed by atoms with Crippen LogP contribution in [0.2, 0.25) is 0 Å².